The number of anilines is 2. The molecule has 0 radical (unpaired) electrons. The van der Waals surface area contributed by atoms with Crippen LogP contribution in [0.25, 0.3) is 22.0 Å². The van der Waals surface area contributed by atoms with E-state index in [9.17, 15) is 23.4 Å². The van der Waals surface area contributed by atoms with Gasteiger partial charge in [0, 0.05) is 34.9 Å². The van der Waals surface area contributed by atoms with Crippen molar-refractivity contribution in [3.8, 4) is 16.9 Å². The molecule has 6 N–H and O–H groups in total. The number of hydrogen-bond acceptors (Lipinski definition) is 6. The van der Waals surface area contributed by atoms with Crippen molar-refractivity contribution in [2.45, 2.75) is 12.3 Å². The molecule has 1 unspecified atom stereocenters. The van der Waals surface area contributed by atoms with Crippen LogP contribution in [0.2, 0.25) is 0 Å². The van der Waals surface area contributed by atoms with Crippen molar-refractivity contribution in [1.29, 1.82) is 0 Å². The van der Waals surface area contributed by atoms with Crippen molar-refractivity contribution >= 4 is 28.2 Å². The summed E-state index contributed by atoms with van der Waals surface area (Å²) in [6.45, 7) is 0.0802. The quantitative estimate of drug-likeness (QED) is 0.323. The van der Waals surface area contributed by atoms with Gasteiger partial charge in [-0.25, -0.2) is 4.79 Å². The van der Waals surface area contributed by atoms with Gasteiger partial charge in [-0.1, -0.05) is 18.2 Å². The number of nitrogens with two attached hydrogens (primary N) is 1. The Labute approximate surface area is 162 Å². The molecule has 4 rings (SSSR count). The number of aromatic nitrogens is 1. The van der Waals surface area contributed by atoms with Crippen LogP contribution in [0.1, 0.15) is 11.7 Å². The maximum Gasteiger partial charge on any atom is 0.490 e. The zero-order valence-electron chi connectivity index (χ0n) is 14.7. The van der Waals surface area contributed by atoms with Gasteiger partial charge < -0.3 is 26.4 Å². The number of benzene rings is 2. The molecular formula is C19H16F3N3O4. The summed E-state index contributed by atoms with van der Waals surface area (Å²) in [5.74, 6) is -2.71. The number of fused-ring (bicyclic) bond motifs is 2. The SMILES string of the molecule is NCC(O)c1cc(O)c2nccc3c2c1Nc1ccccc1-3.O=C(O)C(F)(F)F. The van der Waals surface area contributed by atoms with Crippen LogP contribution in [0.5, 0.6) is 5.75 Å². The van der Waals surface area contributed by atoms with Gasteiger partial charge >= 0.3 is 12.1 Å². The molecule has 1 atom stereocenters. The number of rotatable bonds is 2. The lowest BCUT2D eigenvalue weighted by atomic mass is 9.91. The van der Waals surface area contributed by atoms with Crippen LogP contribution in [0.4, 0.5) is 24.5 Å². The largest absolute Gasteiger partial charge is 0.506 e. The molecule has 0 saturated carbocycles. The van der Waals surface area contributed by atoms with Crippen LogP contribution in [-0.2, 0) is 4.79 Å². The van der Waals surface area contributed by atoms with E-state index in [0.29, 0.717) is 11.1 Å². The van der Waals surface area contributed by atoms with E-state index in [1.165, 1.54) is 6.07 Å². The van der Waals surface area contributed by atoms with Gasteiger partial charge in [0.2, 0.25) is 0 Å². The number of aliphatic hydroxyl groups is 1. The van der Waals surface area contributed by atoms with Gasteiger partial charge in [-0.2, -0.15) is 13.2 Å². The van der Waals surface area contributed by atoms with Crippen LogP contribution in [0.3, 0.4) is 0 Å². The lowest BCUT2D eigenvalue weighted by Crippen LogP contribution is -2.21. The van der Waals surface area contributed by atoms with Crippen molar-refractivity contribution in [3.05, 3.63) is 48.2 Å². The zero-order chi connectivity index (χ0) is 21.3. The molecule has 0 aliphatic carbocycles. The van der Waals surface area contributed by atoms with E-state index in [1.807, 2.05) is 30.3 Å². The Morgan fingerprint density at radius 1 is 1.21 bits per heavy atom. The minimum atomic E-state index is -5.08. The van der Waals surface area contributed by atoms with Crippen LogP contribution < -0.4 is 11.1 Å². The number of hydrogen-bond donors (Lipinski definition) is 5. The molecule has 2 aromatic carbocycles. The molecule has 1 aromatic heterocycles. The number of carboxylic acid groups (broad SMARTS) is 1. The summed E-state index contributed by atoms with van der Waals surface area (Å²) in [5.41, 5.74) is 10.4. The highest BCUT2D eigenvalue weighted by Gasteiger charge is 2.38. The number of phenols is 1. The number of aromatic hydroxyl groups is 1. The Kier molecular flexibility index (Phi) is 5.31. The van der Waals surface area contributed by atoms with Gasteiger partial charge in [0.1, 0.15) is 11.3 Å². The van der Waals surface area contributed by atoms with Crippen molar-refractivity contribution in [2.75, 3.05) is 11.9 Å². The molecule has 10 heteroatoms. The fraction of sp³-hybridized carbons (Fsp3) is 0.158. The molecule has 0 amide bonds. The summed E-state index contributed by atoms with van der Waals surface area (Å²) in [4.78, 5) is 13.2. The third-order valence-corrected chi connectivity index (χ3v) is 4.33. The molecular weight excluding hydrogens is 391 g/mol. The molecule has 152 valence electrons. The first-order chi connectivity index (χ1) is 13.6. The zero-order valence-corrected chi connectivity index (χ0v) is 14.7. The Morgan fingerprint density at radius 2 is 1.86 bits per heavy atom. The van der Waals surface area contributed by atoms with Crippen molar-refractivity contribution in [3.63, 3.8) is 0 Å². The molecule has 2 heterocycles. The van der Waals surface area contributed by atoms with Crippen molar-refractivity contribution < 1.29 is 33.3 Å². The van der Waals surface area contributed by atoms with E-state index in [2.05, 4.69) is 10.3 Å². The second kappa shape index (κ2) is 7.57. The minimum Gasteiger partial charge on any atom is -0.506 e. The number of nitrogens with one attached hydrogen (secondary N) is 1. The van der Waals surface area contributed by atoms with Crippen LogP contribution >= 0.6 is 0 Å². The Morgan fingerprint density at radius 3 is 2.48 bits per heavy atom. The first kappa shape index (κ1) is 20.4. The molecule has 29 heavy (non-hydrogen) atoms. The van der Waals surface area contributed by atoms with Crippen molar-refractivity contribution in [1.82, 2.24) is 4.98 Å². The third kappa shape index (κ3) is 3.80. The minimum absolute atomic E-state index is 0.0456. The Hall–Kier alpha value is -3.37. The second-order valence-electron chi connectivity index (χ2n) is 6.17. The number of nitrogens with zero attached hydrogens (tertiary/aromatic N) is 1. The van der Waals surface area contributed by atoms with Crippen molar-refractivity contribution in [2.24, 2.45) is 5.73 Å². The first-order valence-electron chi connectivity index (χ1n) is 8.34. The molecule has 0 spiro atoms. The number of aliphatic carboxylic acids is 1. The number of carboxylic acids is 1. The Balaban J connectivity index is 0.000000298. The van der Waals surface area contributed by atoms with E-state index in [4.69, 9.17) is 15.6 Å². The molecule has 7 nitrogen and oxygen atoms in total. The number of phenolic OH excluding ortho intramolecular Hbond substituents is 1. The summed E-state index contributed by atoms with van der Waals surface area (Å²) in [5, 5.41) is 31.7. The molecule has 0 bridgehead atoms. The number of carbonyl (C=O) groups is 1. The average molecular weight is 407 g/mol. The van der Waals surface area contributed by atoms with Gasteiger partial charge in [0.05, 0.1) is 11.8 Å². The molecule has 3 aromatic rings. The van der Waals surface area contributed by atoms with Crippen LogP contribution in [-0.4, -0.2) is 39.0 Å². The highest BCUT2D eigenvalue weighted by molar-refractivity contribution is 6.12. The predicted octanol–water partition coefficient (Wildman–Crippen LogP) is 3.29. The average Bonchev–Trinajstić information content (AvgIpc) is 2.69. The number of halogens is 3. The van der Waals surface area contributed by atoms with E-state index in [0.717, 1.165) is 27.9 Å². The molecule has 0 saturated heterocycles. The number of pyridine rings is 1. The fourth-order valence-corrected chi connectivity index (χ4v) is 3.05. The van der Waals surface area contributed by atoms with Gasteiger partial charge in [-0.05, 0) is 23.8 Å². The van der Waals surface area contributed by atoms with Gasteiger partial charge in [0.25, 0.3) is 0 Å². The smallest absolute Gasteiger partial charge is 0.490 e. The number of alkyl halides is 3. The predicted molar refractivity (Wildman–Crippen MR) is 99.8 cm³/mol. The van der Waals surface area contributed by atoms with Gasteiger partial charge in [0.15, 0.2) is 0 Å². The second-order valence-corrected chi connectivity index (χ2v) is 6.17. The lowest BCUT2D eigenvalue weighted by molar-refractivity contribution is -0.192. The fourth-order valence-electron chi connectivity index (χ4n) is 3.05. The molecule has 1 aliphatic rings. The van der Waals surface area contributed by atoms with Gasteiger partial charge in [-0.3, -0.25) is 4.98 Å². The topological polar surface area (TPSA) is 129 Å². The van der Waals surface area contributed by atoms with E-state index in [-0.39, 0.29) is 12.3 Å². The maximum atomic E-state index is 10.6. The highest BCUT2D eigenvalue weighted by Crippen LogP contribution is 2.47. The van der Waals surface area contributed by atoms with E-state index >= 15 is 0 Å². The third-order valence-electron chi connectivity index (χ3n) is 4.33. The van der Waals surface area contributed by atoms with Crippen LogP contribution in [0, 0.1) is 0 Å². The highest BCUT2D eigenvalue weighted by atomic mass is 19.4. The maximum absolute atomic E-state index is 10.6. The summed E-state index contributed by atoms with van der Waals surface area (Å²) >= 11 is 0. The monoisotopic (exact) mass is 407 g/mol. The summed E-state index contributed by atoms with van der Waals surface area (Å²) in [6, 6.07) is 11.4. The van der Waals surface area contributed by atoms with E-state index < -0.39 is 18.2 Å². The molecule has 1 aliphatic heterocycles. The molecule has 0 fully saturated rings. The summed E-state index contributed by atoms with van der Waals surface area (Å²) < 4.78 is 31.7. The number of aliphatic hydroxyl groups excluding tert-OH is 1. The lowest BCUT2D eigenvalue weighted by Gasteiger charge is -2.26. The summed E-state index contributed by atoms with van der Waals surface area (Å²) in [7, 11) is 0. The number of para-hydroxylation sites is 1. The Bertz CT molecular complexity index is 1090. The summed E-state index contributed by atoms with van der Waals surface area (Å²) in [6.07, 6.45) is -4.25. The van der Waals surface area contributed by atoms with Gasteiger partial charge in [-0.15, -0.1) is 0 Å². The normalized spacial score (nSPS) is 13.0. The first-order valence-corrected chi connectivity index (χ1v) is 8.34. The van der Waals surface area contributed by atoms with Crippen LogP contribution in [0.15, 0.2) is 42.6 Å². The van der Waals surface area contributed by atoms with E-state index in [1.54, 1.807) is 6.20 Å². The standard InChI is InChI=1S/C17H15N3O2.C2HF3O2/c18-8-14(22)11-7-13(21)17-15-10(5-6-19-17)9-3-1-2-4-12(9)20-16(11)15;3-2(4,5)1(6)7/h1-7,14,20-22H,8,18H2;(H,6,7).